The molecule has 1 unspecified atom stereocenters. The van der Waals surface area contributed by atoms with Crippen molar-refractivity contribution in [3.63, 3.8) is 0 Å². The number of nitrogens with one attached hydrogen (secondary N) is 2. The Morgan fingerprint density at radius 1 is 1.50 bits per heavy atom. The van der Waals surface area contributed by atoms with E-state index in [1.165, 1.54) is 22.1 Å². The average Bonchev–Trinajstić information content (AvgIpc) is 2.25. The lowest BCUT2D eigenvalue weighted by molar-refractivity contribution is 0.455. The first kappa shape index (κ1) is 11.9. The molecular weight excluding hydrogens is 264 g/mol. The normalized spacial score (nSPS) is 19.4. The Kier molecular flexibility index (Phi) is 3.87. The molecule has 1 aliphatic rings. The Labute approximate surface area is 106 Å². The van der Waals surface area contributed by atoms with E-state index in [0.717, 1.165) is 13.1 Å². The maximum atomic E-state index is 3.53. The Morgan fingerprint density at radius 2 is 2.31 bits per heavy atom. The Balaban J connectivity index is 1.99. The molecule has 2 rings (SSSR count). The van der Waals surface area contributed by atoms with Gasteiger partial charge in [0.15, 0.2) is 0 Å². The number of benzene rings is 1. The van der Waals surface area contributed by atoms with Crippen LogP contribution in [0.25, 0.3) is 0 Å². The van der Waals surface area contributed by atoms with Crippen LogP contribution in [-0.4, -0.2) is 19.1 Å². The van der Waals surface area contributed by atoms with Crippen LogP contribution >= 0.6 is 15.9 Å². The van der Waals surface area contributed by atoms with E-state index in [-0.39, 0.29) is 0 Å². The fraction of sp³-hybridized carbons (Fsp3) is 0.538. The summed E-state index contributed by atoms with van der Waals surface area (Å²) in [4.78, 5) is 0. The van der Waals surface area contributed by atoms with Crippen molar-refractivity contribution in [3.8, 4) is 0 Å². The van der Waals surface area contributed by atoms with Crippen molar-refractivity contribution in [2.75, 3.05) is 18.4 Å². The second-order valence-electron chi connectivity index (χ2n) is 4.82. The summed E-state index contributed by atoms with van der Waals surface area (Å²) in [6.45, 7) is 6.56. The van der Waals surface area contributed by atoms with E-state index in [9.17, 15) is 0 Å². The highest BCUT2D eigenvalue weighted by Crippen LogP contribution is 2.27. The summed E-state index contributed by atoms with van der Waals surface area (Å²) in [5, 5.41) is 7.01. The summed E-state index contributed by atoms with van der Waals surface area (Å²) in [6, 6.07) is 7.05. The summed E-state index contributed by atoms with van der Waals surface area (Å²) < 4.78 is 1.17. The molecule has 0 spiro atoms. The largest absolute Gasteiger partial charge is 0.384 e. The summed E-state index contributed by atoms with van der Waals surface area (Å²) in [5.74, 6) is 0.698. The molecule has 88 valence electrons. The lowest BCUT2D eigenvalue weighted by Crippen LogP contribution is -2.35. The highest BCUT2D eigenvalue weighted by atomic mass is 79.9. The molecule has 0 aromatic heterocycles. The molecule has 2 nitrogen and oxygen atoms in total. The van der Waals surface area contributed by atoms with Crippen molar-refractivity contribution >= 4 is 21.6 Å². The highest BCUT2D eigenvalue weighted by molar-refractivity contribution is 9.10. The van der Waals surface area contributed by atoms with Gasteiger partial charge in [-0.3, -0.25) is 0 Å². The van der Waals surface area contributed by atoms with Gasteiger partial charge in [0.25, 0.3) is 0 Å². The quantitative estimate of drug-likeness (QED) is 0.891. The molecule has 1 atom stereocenters. The number of hydrogen-bond donors (Lipinski definition) is 2. The topological polar surface area (TPSA) is 24.1 Å². The third-order valence-electron chi connectivity index (χ3n) is 2.97. The van der Waals surface area contributed by atoms with E-state index in [1.807, 2.05) is 0 Å². The minimum Gasteiger partial charge on any atom is -0.384 e. The number of fused-ring (bicyclic) bond motifs is 1. The van der Waals surface area contributed by atoms with Gasteiger partial charge in [0.1, 0.15) is 0 Å². The van der Waals surface area contributed by atoms with E-state index in [1.54, 1.807) is 0 Å². The molecular formula is C13H19BrN2. The molecule has 3 heteroatoms. The van der Waals surface area contributed by atoms with Gasteiger partial charge >= 0.3 is 0 Å². The lowest BCUT2D eigenvalue weighted by Gasteiger charge is -2.27. The molecule has 16 heavy (non-hydrogen) atoms. The zero-order chi connectivity index (χ0) is 11.5. The van der Waals surface area contributed by atoms with Gasteiger partial charge in [0.2, 0.25) is 0 Å². The van der Waals surface area contributed by atoms with E-state index >= 15 is 0 Å². The molecule has 0 saturated carbocycles. The van der Waals surface area contributed by atoms with E-state index in [0.29, 0.717) is 12.0 Å². The number of hydrogen-bond acceptors (Lipinski definition) is 2. The SMILES string of the molecule is CC(C)NCC1CNc2ccc(Br)cc2C1. The predicted octanol–water partition coefficient (Wildman–Crippen LogP) is 3.03. The highest BCUT2D eigenvalue weighted by Gasteiger charge is 2.18. The maximum Gasteiger partial charge on any atom is 0.0373 e. The number of anilines is 1. The van der Waals surface area contributed by atoms with Gasteiger partial charge < -0.3 is 10.6 Å². The first-order chi connectivity index (χ1) is 7.65. The second kappa shape index (κ2) is 5.19. The Hall–Kier alpha value is -0.540. The molecule has 0 saturated heterocycles. The second-order valence-corrected chi connectivity index (χ2v) is 5.73. The number of halogens is 1. The monoisotopic (exact) mass is 282 g/mol. The molecule has 1 aliphatic heterocycles. The van der Waals surface area contributed by atoms with E-state index in [2.05, 4.69) is 58.6 Å². The van der Waals surface area contributed by atoms with Crippen LogP contribution in [0, 0.1) is 5.92 Å². The van der Waals surface area contributed by atoms with Crippen molar-refractivity contribution in [2.45, 2.75) is 26.3 Å². The van der Waals surface area contributed by atoms with Crippen LogP contribution in [-0.2, 0) is 6.42 Å². The van der Waals surface area contributed by atoms with Crippen molar-refractivity contribution in [2.24, 2.45) is 5.92 Å². The van der Waals surface area contributed by atoms with E-state index in [4.69, 9.17) is 0 Å². The van der Waals surface area contributed by atoms with Crippen LogP contribution in [0.1, 0.15) is 19.4 Å². The fourth-order valence-electron chi connectivity index (χ4n) is 2.09. The summed E-state index contributed by atoms with van der Waals surface area (Å²) in [6.07, 6.45) is 1.17. The van der Waals surface area contributed by atoms with Gasteiger partial charge in [-0.1, -0.05) is 29.8 Å². The third kappa shape index (κ3) is 2.98. The molecule has 1 aromatic carbocycles. The van der Waals surface area contributed by atoms with Crippen molar-refractivity contribution in [1.29, 1.82) is 0 Å². The predicted molar refractivity (Wildman–Crippen MR) is 73.0 cm³/mol. The van der Waals surface area contributed by atoms with Crippen LogP contribution in [0.15, 0.2) is 22.7 Å². The first-order valence-corrected chi connectivity index (χ1v) is 6.70. The smallest absolute Gasteiger partial charge is 0.0373 e. The molecule has 0 fully saturated rings. The van der Waals surface area contributed by atoms with Crippen LogP contribution < -0.4 is 10.6 Å². The molecule has 0 aliphatic carbocycles. The van der Waals surface area contributed by atoms with E-state index < -0.39 is 0 Å². The van der Waals surface area contributed by atoms with Crippen molar-refractivity contribution in [3.05, 3.63) is 28.2 Å². The Morgan fingerprint density at radius 3 is 3.06 bits per heavy atom. The summed E-state index contributed by atoms with van der Waals surface area (Å²) in [5.41, 5.74) is 2.72. The molecule has 0 bridgehead atoms. The van der Waals surface area contributed by atoms with Gasteiger partial charge in [-0.15, -0.1) is 0 Å². The molecule has 1 heterocycles. The van der Waals surface area contributed by atoms with Gasteiger partial charge in [-0.05, 0) is 36.1 Å². The third-order valence-corrected chi connectivity index (χ3v) is 3.47. The van der Waals surface area contributed by atoms with Crippen molar-refractivity contribution in [1.82, 2.24) is 5.32 Å². The minimum absolute atomic E-state index is 0.573. The molecule has 0 amide bonds. The fourth-order valence-corrected chi connectivity index (χ4v) is 2.50. The Bertz CT molecular complexity index is 363. The minimum atomic E-state index is 0.573. The maximum absolute atomic E-state index is 3.53. The first-order valence-electron chi connectivity index (χ1n) is 5.91. The average molecular weight is 283 g/mol. The standard InChI is InChI=1S/C13H19BrN2/c1-9(2)15-7-10-5-11-6-12(14)3-4-13(11)16-8-10/h3-4,6,9-10,15-16H,5,7-8H2,1-2H3. The lowest BCUT2D eigenvalue weighted by atomic mass is 9.94. The van der Waals surface area contributed by atoms with Gasteiger partial charge in [-0.25, -0.2) is 0 Å². The molecule has 1 aromatic rings. The van der Waals surface area contributed by atoms with Gasteiger partial charge in [-0.2, -0.15) is 0 Å². The van der Waals surface area contributed by atoms with Crippen LogP contribution in [0.2, 0.25) is 0 Å². The zero-order valence-corrected chi connectivity index (χ0v) is 11.5. The molecule has 2 N–H and O–H groups in total. The summed E-state index contributed by atoms with van der Waals surface area (Å²) >= 11 is 3.53. The number of rotatable bonds is 3. The van der Waals surface area contributed by atoms with Crippen LogP contribution in [0.3, 0.4) is 0 Å². The zero-order valence-electron chi connectivity index (χ0n) is 9.89. The van der Waals surface area contributed by atoms with Gasteiger partial charge in [0.05, 0.1) is 0 Å². The molecule has 0 radical (unpaired) electrons. The van der Waals surface area contributed by atoms with Crippen molar-refractivity contribution < 1.29 is 0 Å². The van der Waals surface area contributed by atoms with Crippen LogP contribution in [0.5, 0.6) is 0 Å². The van der Waals surface area contributed by atoms with Crippen LogP contribution in [0.4, 0.5) is 5.69 Å². The van der Waals surface area contributed by atoms with Gasteiger partial charge in [0, 0.05) is 29.3 Å². The summed E-state index contributed by atoms with van der Waals surface area (Å²) in [7, 11) is 0.